The van der Waals surface area contributed by atoms with Gasteiger partial charge in [-0.1, -0.05) is 18.2 Å². The lowest BCUT2D eigenvalue weighted by atomic mass is 10.1. The van der Waals surface area contributed by atoms with Crippen molar-refractivity contribution in [3.05, 3.63) is 48.0 Å². The molecule has 2 aromatic rings. The average Bonchev–Trinajstić information content (AvgIpc) is 2.70. The summed E-state index contributed by atoms with van der Waals surface area (Å²) in [6.07, 6.45) is 0.641. The SMILES string of the molecule is CCOc1ccccc1OCCN[C@H](C)Cc1ccc(OC)c(S(N)(=O)=O)c1.O=P([O-])([O-])[O-]. The fraction of sp³-hybridized carbons (Fsp3) is 0.400. The van der Waals surface area contributed by atoms with Crippen LogP contribution in [-0.2, 0) is 21.0 Å². The average molecular weight is 503 g/mol. The highest BCUT2D eigenvalue weighted by Gasteiger charge is 2.16. The number of sulfonamides is 1. The molecule has 13 heteroatoms. The third-order valence-electron chi connectivity index (χ3n) is 4.08. The Kier molecular flexibility index (Phi) is 11.8. The first kappa shape index (κ1) is 28.9. The van der Waals surface area contributed by atoms with E-state index >= 15 is 0 Å². The molecule has 0 bridgehead atoms. The molecule has 2 rings (SSSR count). The Labute approximate surface area is 193 Å². The second-order valence-electron chi connectivity index (χ2n) is 6.76. The van der Waals surface area contributed by atoms with E-state index in [1.165, 1.54) is 7.11 Å². The van der Waals surface area contributed by atoms with Crippen LogP contribution in [0.1, 0.15) is 19.4 Å². The van der Waals surface area contributed by atoms with Crippen molar-refractivity contribution in [2.45, 2.75) is 31.2 Å². The normalized spacial score (nSPS) is 12.3. The molecule has 2 aromatic carbocycles. The number of phosphoric acid groups is 1. The molecule has 0 radical (unpaired) electrons. The number of primary sulfonamides is 1. The van der Waals surface area contributed by atoms with Crippen molar-refractivity contribution in [3.63, 3.8) is 0 Å². The fourth-order valence-electron chi connectivity index (χ4n) is 2.81. The lowest BCUT2D eigenvalue weighted by molar-refractivity contribution is -0.432. The van der Waals surface area contributed by atoms with Gasteiger partial charge >= 0.3 is 0 Å². The van der Waals surface area contributed by atoms with E-state index in [-0.39, 0.29) is 16.7 Å². The van der Waals surface area contributed by atoms with Gasteiger partial charge in [-0.2, -0.15) is 7.82 Å². The molecule has 0 aliphatic rings. The Morgan fingerprint density at radius 3 is 2.15 bits per heavy atom. The highest BCUT2D eigenvalue weighted by molar-refractivity contribution is 7.89. The predicted octanol–water partition coefficient (Wildman–Crippen LogP) is -0.484. The van der Waals surface area contributed by atoms with Gasteiger partial charge < -0.3 is 38.8 Å². The number of ether oxygens (including phenoxy) is 3. The van der Waals surface area contributed by atoms with Crippen molar-refractivity contribution < 1.29 is 41.9 Å². The molecule has 0 fully saturated rings. The Balaban J connectivity index is 0.000000981. The molecule has 0 spiro atoms. The van der Waals surface area contributed by atoms with Crippen LogP contribution in [0.3, 0.4) is 0 Å². The molecule has 0 saturated heterocycles. The molecule has 11 nitrogen and oxygen atoms in total. The number of nitrogens with one attached hydrogen (secondary N) is 1. The second kappa shape index (κ2) is 13.5. The first-order valence-corrected chi connectivity index (χ1v) is 12.9. The molecule has 33 heavy (non-hydrogen) atoms. The molecule has 0 saturated carbocycles. The van der Waals surface area contributed by atoms with Crippen molar-refractivity contribution in [2.75, 3.05) is 26.9 Å². The minimum Gasteiger partial charge on any atom is -0.822 e. The number of benzene rings is 2. The standard InChI is InChI=1S/C20H28N2O5S.H3O4P/c1-4-26-17-7-5-6-8-18(17)27-12-11-22-15(2)13-16-9-10-19(25-3)20(14-16)28(21,23)24;1-5(2,3)4/h5-10,14-15,22H,4,11-13H2,1-3H3,(H2,21,23,24);(H3,1,2,3,4)/p-3/t15-;/m1./s1. The van der Waals surface area contributed by atoms with Crippen LogP contribution in [0.15, 0.2) is 47.4 Å². The van der Waals surface area contributed by atoms with Gasteiger partial charge in [-0.05, 0) is 50.1 Å². The van der Waals surface area contributed by atoms with Crippen LogP contribution in [0, 0.1) is 0 Å². The summed E-state index contributed by atoms with van der Waals surface area (Å²) in [6, 6.07) is 12.7. The van der Waals surface area contributed by atoms with Crippen LogP contribution in [-0.4, -0.2) is 41.3 Å². The zero-order chi connectivity index (χ0) is 25.1. The van der Waals surface area contributed by atoms with Crippen molar-refractivity contribution in [2.24, 2.45) is 5.14 Å². The van der Waals surface area contributed by atoms with E-state index in [1.807, 2.05) is 44.2 Å². The van der Waals surface area contributed by atoms with Gasteiger partial charge in [0.2, 0.25) is 10.0 Å². The minimum absolute atomic E-state index is 0.00411. The highest BCUT2D eigenvalue weighted by atomic mass is 32.2. The van der Waals surface area contributed by atoms with Crippen LogP contribution in [0.2, 0.25) is 0 Å². The molecule has 0 aliphatic carbocycles. The highest BCUT2D eigenvalue weighted by Crippen LogP contribution is 2.26. The van der Waals surface area contributed by atoms with E-state index in [0.29, 0.717) is 31.9 Å². The summed E-state index contributed by atoms with van der Waals surface area (Å²) in [5, 5.41) is 8.63. The number of rotatable bonds is 11. The van der Waals surface area contributed by atoms with Crippen molar-refractivity contribution >= 4 is 17.8 Å². The van der Waals surface area contributed by atoms with Gasteiger partial charge in [-0.3, -0.25) is 0 Å². The summed E-state index contributed by atoms with van der Waals surface area (Å²) in [6.45, 7) is 5.66. The fourth-order valence-corrected chi connectivity index (χ4v) is 3.55. The number of hydrogen-bond donors (Lipinski definition) is 2. The van der Waals surface area contributed by atoms with Crippen molar-refractivity contribution in [3.8, 4) is 17.2 Å². The monoisotopic (exact) mass is 503 g/mol. The van der Waals surface area contributed by atoms with E-state index < -0.39 is 17.8 Å². The third-order valence-corrected chi connectivity index (χ3v) is 5.01. The molecule has 3 N–H and O–H groups in total. The summed E-state index contributed by atoms with van der Waals surface area (Å²) in [5.74, 6) is 1.69. The number of methoxy groups -OCH3 is 1. The lowest BCUT2D eigenvalue weighted by Gasteiger charge is -2.36. The molecule has 0 unspecified atom stereocenters. The predicted molar refractivity (Wildman–Crippen MR) is 116 cm³/mol. The third kappa shape index (κ3) is 12.0. The molecule has 186 valence electrons. The molecule has 1 atom stereocenters. The maximum Gasteiger partial charge on any atom is 0.241 e. The summed E-state index contributed by atoms with van der Waals surface area (Å²) < 4.78 is 48.4. The Morgan fingerprint density at radius 1 is 1.06 bits per heavy atom. The summed E-state index contributed by atoms with van der Waals surface area (Å²) in [5.41, 5.74) is 0.854. The van der Waals surface area contributed by atoms with Crippen LogP contribution in [0.4, 0.5) is 0 Å². The summed E-state index contributed by atoms with van der Waals surface area (Å²) in [7, 11) is -7.82. The van der Waals surface area contributed by atoms with Gasteiger partial charge in [-0.15, -0.1) is 0 Å². The molecular formula is C20H28N2O9PS-3. The Morgan fingerprint density at radius 2 is 1.64 bits per heavy atom. The van der Waals surface area contributed by atoms with Crippen LogP contribution >= 0.6 is 7.82 Å². The molecule has 0 amide bonds. The second-order valence-corrected chi connectivity index (χ2v) is 9.19. The van der Waals surface area contributed by atoms with E-state index in [0.717, 1.165) is 11.3 Å². The molecule has 0 heterocycles. The van der Waals surface area contributed by atoms with E-state index in [1.54, 1.807) is 12.1 Å². The molecular weight excluding hydrogens is 475 g/mol. The maximum atomic E-state index is 11.7. The van der Waals surface area contributed by atoms with Gasteiger partial charge in [-0.25, -0.2) is 13.6 Å². The van der Waals surface area contributed by atoms with Gasteiger partial charge in [0.05, 0.1) is 13.7 Å². The zero-order valence-corrected chi connectivity index (χ0v) is 20.3. The summed E-state index contributed by atoms with van der Waals surface area (Å²) in [4.78, 5) is 25.6. The minimum atomic E-state index is -5.39. The van der Waals surface area contributed by atoms with Crippen LogP contribution in [0.25, 0.3) is 0 Å². The number of para-hydroxylation sites is 2. The van der Waals surface area contributed by atoms with Gasteiger partial charge in [0, 0.05) is 12.6 Å². The topological polar surface area (TPSA) is 186 Å². The zero-order valence-electron chi connectivity index (χ0n) is 18.6. The van der Waals surface area contributed by atoms with Crippen LogP contribution < -0.4 is 39.3 Å². The maximum absolute atomic E-state index is 11.7. The van der Waals surface area contributed by atoms with Crippen molar-refractivity contribution in [1.29, 1.82) is 0 Å². The summed E-state index contributed by atoms with van der Waals surface area (Å²) >= 11 is 0. The van der Waals surface area contributed by atoms with E-state index in [2.05, 4.69) is 5.32 Å². The Hall–Kier alpha value is -2.18. The van der Waals surface area contributed by atoms with Crippen molar-refractivity contribution in [1.82, 2.24) is 5.32 Å². The van der Waals surface area contributed by atoms with E-state index in [9.17, 15) is 8.42 Å². The first-order valence-electron chi connectivity index (χ1n) is 9.86. The van der Waals surface area contributed by atoms with Gasteiger partial charge in [0.15, 0.2) is 11.5 Å². The molecule has 0 aromatic heterocycles. The quantitative estimate of drug-likeness (QED) is 0.299. The smallest absolute Gasteiger partial charge is 0.241 e. The number of nitrogens with two attached hydrogens (primary N) is 1. The first-order chi connectivity index (χ1) is 15.3. The Bertz CT molecular complexity index is 1020. The van der Waals surface area contributed by atoms with E-state index in [4.69, 9.17) is 38.6 Å². The largest absolute Gasteiger partial charge is 0.822 e. The van der Waals surface area contributed by atoms with Gasteiger partial charge in [0.25, 0.3) is 0 Å². The number of hydrogen-bond acceptors (Lipinski definition) is 10. The molecule has 0 aliphatic heterocycles. The van der Waals surface area contributed by atoms with Crippen LogP contribution in [0.5, 0.6) is 17.2 Å². The van der Waals surface area contributed by atoms with Gasteiger partial charge in [0.1, 0.15) is 17.3 Å². The lowest BCUT2D eigenvalue weighted by Crippen LogP contribution is -2.32.